The van der Waals surface area contributed by atoms with Crippen molar-refractivity contribution in [3.05, 3.63) is 70.5 Å². The summed E-state index contributed by atoms with van der Waals surface area (Å²) in [6.07, 6.45) is 2.09. The molecule has 0 aromatic heterocycles. The maximum Gasteiger partial charge on any atom is 0.317 e. The molecule has 0 spiro atoms. The molecule has 0 atom stereocenters. The van der Waals surface area contributed by atoms with E-state index in [1.807, 2.05) is 18.2 Å². The summed E-state index contributed by atoms with van der Waals surface area (Å²) in [5.74, 6) is 0.0269. The lowest BCUT2D eigenvalue weighted by atomic mass is 9.77. The molecule has 13 heteroatoms. The molecule has 2 aromatic carbocycles. The Morgan fingerprint density at radius 3 is 2.68 bits per heavy atom. The number of nitrogens with zero attached hydrogens (tertiary/aromatic N) is 2. The van der Waals surface area contributed by atoms with Crippen molar-refractivity contribution in [2.24, 2.45) is 10.4 Å². The van der Waals surface area contributed by atoms with Gasteiger partial charge in [0.1, 0.15) is 17.9 Å². The van der Waals surface area contributed by atoms with Crippen LogP contribution in [0.4, 0.5) is 0 Å². The Labute approximate surface area is 219 Å². The molecule has 5 rings (SSSR count). The van der Waals surface area contributed by atoms with Gasteiger partial charge in [-0.25, -0.2) is 18.8 Å². The van der Waals surface area contributed by atoms with Crippen LogP contribution in [-0.4, -0.2) is 50.0 Å². The number of hydrazine groups is 1. The molecule has 11 nitrogen and oxygen atoms in total. The van der Waals surface area contributed by atoms with Crippen molar-refractivity contribution in [3.8, 4) is 5.75 Å². The zero-order valence-electron chi connectivity index (χ0n) is 19.7. The van der Waals surface area contributed by atoms with E-state index >= 15 is 0 Å². The Morgan fingerprint density at radius 1 is 1.19 bits per heavy atom. The second-order valence-corrected chi connectivity index (χ2v) is 11.1. The first-order valence-corrected chi connectivity index (χ1v) is 13.6. The van der Waals surface area contributed by atoms with E-state index in [1.54, 1.807) is 5.01 Å². The summed E-state index contributed by atoms with van der Waals surface area (Å²) in [4.78, 5) is 27.1. The third-order valence-electron chi connectivity index (χ3n) is 6.57. The number of nitrogens with one attached hydrogen (secondary N) is 3. The average Bonchev–Trinajstić information content (AvgIpc) is 3.36. The molecule has 196 valence electrons. The molecule has 0 saturated carbocycles. The van der Waals surface area contributed by atoms with E-state index in [1.165, 1.54) is 30.5 Å². The summed E-state index contributed by atoms with van der Waals surface area (Å²) in [6, 6.07) is 11.4. The Balaban J connectivity index is 1.42. The molecular weight excluding hydrogens is 522 g/mol. The number of sulfonamides is 1. The summed E-state index contributed by atoms with van der Waals surface area (Å²) in [7, 11) is -3.90. The van der Waals surface area contributed by atoms with Crippen LogP contribution in [0.5, 0.6) is 5.75 Å². The van der Waals surface area contributed by atoms with Gasteiger partial charge in [0.05, 0.1) is 23.3 Å². The first kappa shape index (κ1) is 25.5. The second kappa shape index (κ2) is 10.3. The van der Waals surface area contributed by atoms with Crippen LogP contribution >= 0.6 is 11.6 Å². The van der Waals surface area contributed by atoms with Crippen LogP contribution in [-0.2, 0) is 32.9 Å². The topological polar surface area (TPSA) is 142 Å². The maximum absolute atomic E-state index is 13.0. The van der Waals surface area contributed by atoms with Gasteiger partial charge in [-0.1, -0.05) is 17.7 Å². The van der Waals surface area contributed by atoms with Crippen molar-refractivity contribution < 1.29 is 28.1 Å². The Kier molecular flexibility index (Phi) is 7.10. The average molecular weight is 548 g/mol. The highest BCUT2D eigenvalue weighted by Gasteiger charge is 2.48. The minimum atomic E-state index is -3.90. The van der Waals surface area contributed by atoms with Crippen LogP contribution in [0.3, 0.4) is 0 Å². The van der Waals surface area contributed by atoms with Gasteiger partial charge in [-0.2, -0.15) is 4.89 Å². The largest absolute Gasteiger partial charge is 0.480 e. The summed E-state index contributed by atoms with van der Waals surface area (Å²) >= 11 is 5.89. The lowest BCUT2D eigenvalue weighted by molar-refractivity contribution is -0.194. The fourth-order valence-corrected chi connectivity index (χ4v) is 5.78. The number of carbonyl (C=O) groups is 1. The van der Waals surface area contributed by atoms with E-state index in [-0.39, 0.29) is 17.1 Å². The van der Waals surface area contributed by atoms with E-state index in [0.29, 0.717) is 55.7 Å². The van der Waals surface area contributed by atoms with Crippen molar-refractivity contribution >= 4 is 33.4 Å². The highest BCUT2D eigenvalue weighted by molar-refractivity contribution is 7.89. The van der Waals surface area contributed by atoms with E-state index in [2.05, 4.69) is 20.5 Å². The third-order valence-corrected chi connectivity index (χ3v) is 8.25. The number of rotatable bonds is 8. The molecule has 0 bridgehead atoms. The molecule has 1 fully saturated rings. The number of carboxylic acid groups (broad SMARTS) is 1. The Bertz CT molecular complexity index is 1360. The van der Waals surface area contributed by atoms with Crippen LogP contribution in [0.15, 0.2) is 64.2 Å². The van der Waals surface area contributed by atoms with Gasteiger partial charge in [-0.15, -0.1) is 0 Å². The number of amidine groups is 1. The Hall–Kier alpha value is -3.16. The monoisotopic (exact) mass is 547 g/mol. The smallest absolute Gasteiger partial charge is 0.317 e. The first-order chi connectivity index (χ1) is 17.8. The van der Waals surface area contributed by atoms with Gasteiger partial charge in [0, 0.05) is 17.1 Å². The molecule has 37 heavy (non-hydrogen) atoms. The second-order valence-electron chi connectivity index (χ2n) is 9.01. The van der Waals surface area contributed by atoms with Crippen LogP contribution in [0, 0.1) is 5.41 Å². The van der Waals surface area contributed by atoms with Crippen LogP contribution in [0.2, 0.25) is 5.02 Å². The quantitative estimate of drug-likeness (QED) is 0.366. The minimum Gasteiger partial charge on any atom is -0.480 e. The zero-order valence-corrected chi connectivity index (χ0v) is 21.3. The standard InChI is InChI=1S/C24H26ClN5O6S/c25-18-2-4-20(5-3-18)37(33,34)29-19-13-27-22(24(23(31)32)7-9-26-10-8-24)30(14-19)28-12-16-1-6-21-17(11-16)15-35-36-21/h1-6,11,13,26,28-29H,7-10,12,14-15H2,(H,31,32). The molecule has 3 aliphatic heterocycles. The fraction of sp³-hybridized carbons (Fsp3) is 0.333. The number of carboxylic acids is 1. The van der Waals surface area contributed by atoms with Crippen molar-refractivity contribution in [3.63, 3.8) is 0 Å². The molecular formula is C24H26ClN5O6S. The van der Waals surface area contributed by atoms with E-state index in [4.69, 9.17) is 21.4 Å². The zero-order chi connectivity index (χ0) is 26.0. The van der Waals surface area contributed by atoms with Gasteiger partial charge < -0.3 is 15.3 Å². The summed E-state index contributed by atoms with van der Waals surface area (Å²) in [5, 5.41) is 15.5. The van der Waals surface area contributed by atoms with Gasteiger partial charge in [0.25, 0.3) is 10.0 Å². The molecule has 0 radical (unpaired) electrons. The number of hydrogen-bond acceptors (Lipinski definition) is 9. The van der Waals surface area contributed by atoms with Crippen molar-refractivity contribution in [2.45, 2.75) is 30.9 Å². The number of piperidine rings is 1. The van der Waals surface area contributed by atoms with Gasteiger partial charge in [0.15, 0.2) is 5.75 Å². The number of benzene rings is 2. The predicted octanol–water partition coefficient (Wildman–Crippen LogP) is 2.16. The van der Waals surface area contributed by atoms with Gasteiger partial charge in [-0.3, -0.25) is 14.5 Å². The van der Waals surface area contributed by atoms with Crippen molar-refractivity contribution in [2.75, 3.05) is 19.6 Å². The molecule has 1 saturated heterocycles. The highest BCUT2D eigenvalue weighted by Crippen LogP contribution is 2.34. The number of aliphatic carboxylic acids is 1. The summed E-state index contributed by atoms with van der Waals surface area (Å²) < 4.78 is 28.5. The molecule has 0 amide bonds. The summed E-state index contributed by atoms with van der Waals surface area (Å²) in [5.41, 5.74) is 4.16. The SMILES string of the molecule is O=C(O)C1(C2=NC=C(NS(=O)(=O)c3ccc(Cl)cc3)CN2NCc2ccc3c(c2)COO3)CCNCC1. The number of fused-ring (bicyclic) bond motifs is 1. The van der Waals surface area contributed by atoms with Crippen LogP contribution < -0.4 is 20.4 Å². The molecule has 3 aliphatic rings. The summed E-state index contributed by atoms with van der Waals surface area (Å²) in [6.45, 7) is 1.81. The molecule has 0 unspecified atom stereocenters. The van der Waals surface area contributed by atoms with Crippen LogP contribution in [0.25, 0.3) is 0 Å². The fourth-order valence-electron chi connectivity index (χ4n) is 4.58. The van der Waals surface area contributed by atoms with E-state index < -0.39 is 21.4 Å². The molecule has 2 aromatic rings. The van der Waals surface area contributed by atoms with Gasteiger partial charge in [0.2, 0.25) is 0 Å². The van der Waals surface area contributed by atoms with E-state index in [0.717, 1.165) is 11.1 Å². The molecule has 4 N–H and O–H groups in total. The highest BCUT2D eigenvalue weighted by atomic mass is 35.5. The maximum atomic E-state index is 13.0. The number of aliphatic imine (C=N–C) groups is 1. The number of halogens is 1. The number of hydrogen-bond donors (Lipinski definition) is 4. The van der Waals surface area contributed by atoms with Crippen LogP contribution in [0.1, 0.15) is 24.0 Å². The normalized spacial score (nSPS) is 18.9. The van der Waals surface area contributed by atoms with Gasteiger partial charge >= 0.3 is 5.97 Å². The Morgan fingerprint density at radius 2 is 1.95 bits per heavy atom. The predicted molar refractivity (Wildman–Crippen MR) is 135 cm³/mol. The molecule has 3 heterocycles. The lowest BCUT2D eigenvalue weighted by Gasteiger charge is -2.41. The first-order valence-electron chi connectivity index (χ1n) is 11.7. The lowest BCUT2D eigenvalue weighted by Crippen LogP contribution is -2.58. The van der Waals surface area contributed by atoms with Crippen molar-refractivity contribution in [1.82, 2.24) is 20.5 Å². The molecule has 0 aliphatic carbocycles. The minimum absolute atomic E-state index is 0.0509. The van der Waals surface area contributed by atoms with Crippen molar-refractivity contribution in [1.29, 1.82) is 0 Å². The third kappa shape index (κ3) is 5.29. The van der Waals surface area contributed by atoms with E-state index in [9.17, 15) is 18.3 Å². The van der Waals surface area contributed by atoms with Gasteiger partial charge in [-0.05, 0) is 67.9 Å².